The van der Waals surface area contributed by atoms with Crippen LogP contribution in [0.5, 0.6) is 46.0 Å². The topological polar surface area (TPSA) is 234 Å². The predicted molar refractivity (Wildman–Crippen MR) is 160 cm³/mol. The summed E-state index contributed by atoms with van der Waals surface area (Å²) in [7, 11) is 2.64. The van der Waals surface area contributed by atoms with Crippen molar-refractivity contribution in [3.63, 3.8) is 0 Å². The molecule has 2 unspecified atom stereocenters. The second-order valence-corrected chi connectivity index (χ2v) is 10.5. The molecule has 15 nitrogen and oxygen atoms in total. The number of phenols is 5. The Bertz CT molecular complexity index is 1670. The standard InChI is InChI=1S/C32H32O15/c1-42-22-8-15(9-23(43-2)27(22)38)31-24(12-17-19(35)10-16(33)11-21(17)45-31)46-32-30(41)29(40)28(39)25(47-32)13-44-26(37)6-4-14-3-5-18(34)20(36)7-14/h3-12,25,28-36,38-41H,13H2,1-2H3/b6-4+/t25-,28-,29+,30-,31?,32?/m1/s1. The van der Waals surface area contributed by atoms with Gasteiger partial charge in [0, 0.05) is 23.8 Å². The molecule has 47 heavy (non-hydrogen) atoms. The van der Waals surface area contributed by atoms with Crippen LogP contribution in [0.25, 0.3) is 12.2 Å². The number of carbonyl (C=O) groups excluding carboxylic acids is 1. The van der Waals surface area contributed by atoms with Gasteiger partial charge in [-0.25, -0.2) is 4.79 Å². The Kier molecular flexibility index (Phi) is 9.53. The molecule has 2 aliphatic rings. The first-order valence-electron chi connectivity index (χ1n) is 14.0. The van der Waals surface area contributed by atoms with Crippen molar-refractivity contribution in [3.8, 4) is 46.0 Å². The van der Waals surface area contributed by atoms with E-state index >= 15 is 0 Å². The lowest BCUT2D eigenvalue weighted by Crippen LogP contribution is -2.59. The molecule has 6 atom stereocenters. The van der Waals surface area contributed by atoms with Gasteiger partial charge in [-0.1, -0.05) is 6.07 Å². The predicted octanol–water partition coefficient (Wildman–Crippen LogP) is 1.79. The molecule has 2 aliphatic heterocycles. The van der Waals surface area contributed by atoms with Gasteiger partial charge in [0.1, 0.15) is 54.0 Å². The second-order valence-electron chi connectivity index (χ2n) is 10.5. The first-order valence-corrected chi connectivity index (χ1v) is 14.0. The lowest BCUT2D eigenvalue weighted by atomic mass is 9.98. The lowest BCUT2D eigenvalue weighted by molar-refractivity contribution is -0.294. The van der Waals surface area contributed by atoms with Crippen LogP contribution in [0.3, 0.4) is 0 Å². The molecule has 1 saturated heterocycles. The molecule has 250 valence electrons. The van der Waals surface area contributed by atoms with E-state index in [1.165, 1.54) is 62.8 Å². The molecule has 0 amide bonds. The second kappa shape index (κ2) is 13.6. The van der Waals surface area contributed by atoms with E-state index in [4.69, 9.17) is 28.4 Å². The highest BCUT2D eigenvalue weighted by atomic mass is 16.7. The summed E-state index contributed by atoms with van der Waals surface area (Å²) in [5, 5.41) is 82.0. The maximum Gasteiger partial charge on any atom is 0.330 e. The Morgan fingerprint density at radius 3 is 2.21 bits per heavy atom. The van der Waals surface area contributed by atoms with E-state index in [9.17, 15) is 45.6 Å². The van der Waals surface area contributed by atoms with Crippen molar-refractivity contribution in [1.82, 2.24) is 0 Å². The van der Waals surface area contributed by atoms with Crippen LogP contribution in [0.2, 0.25) is 0 Å². The molecule has 8 N–H and O–H groups in total. The number of hydrogen-bond acceptors (Lipinski definition) is 15. The number of carbonyl (C=O) groups is 1. The van der Waals surface area contributed by atoms with E-state index in [0.717, 1.165) is 12.1 Å². The van der Waals surface area contributed by atoms with Gasteiger partial charge in [0.25, 0.3) is 0 Å². The molecule has 0 saturated carbocycles. The third-order valence-electron chi connectivity index (χ3n) is 7.42. The normalized spacial score (nSPS) is 23.7. The van der Waals surface area contributed by atoms with Gasteiger partial charge in [0.15, 0.2) is 29.1 Å². The van der Waals surface area contributed by atoms with Crippen LogP contribution in [0.15, 0.2) is 54.3 Å². The molecule has 0 aliphatic carbocycles. The fourth-order valence-electron chi connectivity index (χ4n) is 4.94. The Labute approximate surface area is 266 Å². The summed E-state index contributed by atoms with van der Waals surface area (Å²) in [5.41, 5.74) is 0.764. The number of methoxy groups -OCH3 is 2. The minimum absolute atomic E-state index is 0.0116. The zero-order chi connectivity index (χ0) is 34.0. The molecule has 15 heteroatoms. The average Bonchev–Trinajstić information content (AvgIpc) is 3.05. The summed E-state index contributed by atoms with van der Waals surface area (Å²) >= 11 is 0. The van der Waals surface area contributed by atoms with E-state index in [1.54, 1.807) is 0 Å². The van der Waals surface area contributed by atoms with Crippen molar-refractivity contribution >= 4 is 18.1 Å². The molecule has 0 spiro atoms. The van der Waals surface area contributed by atoms with E-state index in [-0.39, 0.29) is 57.3 Å². The van der Waals surface area contributed by atoms with Crippen LogP contribution in [0, 0.1) is 0 Å². The van der Waals surface area contributed by atoms with Gasteiger partial charge in [-0.05, 0) is 42.0 Å². The summed E-state index contributed by atoms with van der Waals surface area (Å²) in [5.74, 6) is -2.58. The Hall–Kier alpha value is -5.35. The first-order chi connectivity index (χ1) is 22.4. The van der Waals surface area contributed by atoms with E-state index in [1.807, 2.05) is 0 Å². The van der Waals surface area contributed by atoms with Crippen LogP contribution in [-0.4, -0.2) is 98.4 Å². The monoisotopic (exact) mass is 656 g/mol. The largest absolute Gasteiger partial charge is 0.508 e. The van der Waals surface area contributed by atoms with Gasteiger partial charge in [0.2, 0.25) is 12.0 Å². The van der Waals surface area contributed by atoms with Crippen molar-refractivity contribution in [3.05, 3.63) is 71.0 Å². The number of fused-ring (bicyclic) bond motifs is 1. The number of aliphatic hydroxyl groups excluding tert-OH is 3. The zero-order valence-electron chi connectivity index (χ0n) is 24.9. The van der Waals surface area contributed by atoms with Crippen LogP contribution >= 0.6 is 0 Å². The molecule has 3 aromatic rings. The molecule has 0 radical (unpaired) electrons. The molecule has 0 bridgehead atoms. The summed E-state index contributed by atoms with van der Waals surface area (Å²) in [6.07, 6.45) is -5.91. The van der Waals surface area contributed by atoms with Gasteiger partial charge >= 0.3 is 5.97 Å². The fraction of sp³-hybridized carbons (Fsp3) is 0.281. The zero-order valence-corrected chi connectivity index (χ0v) is 24.9. The molecule has 3 aromatic carbocycles. The minimum Gasteiger partial charge on any atom is -0.508 e. The molecule has 5 rings (SSSR count). The first kappa shape index (κ1) is 33.0. The number of hydrogen-bond donors (Lipinski definition) is 8. The highest BCUT2D eigenvalue weighted by Crippen LogP contribution is 2.47. The third-order valence-corrected chi connectivity index (χ3v) is 7.42. The van der Waals surface area contributed by atoms with Crippen LogP contribution < -0.4 is 14.2 Å². The molecule has 0 aromatic heterocycles. The van der Waals surface area contributed by atoms with Crippen molar-refractivity contribution in [2.75, 3.05) is 20.8 Å². The molecule has 2 heterocycles. The van der Waals surface area contributed by atoms with Gasteiger partial charge < -0.3 is 69.3 Å². The number of phenolic OH excluding ortho intramolecular Hbond substituents is 5. The van der Waals surface area contributed by atoms with Gasteiger partial charge in [0.05, 0.1) is 19.8 Å². The number of benzene rings is 3. The fourth-order valence-corrected chi connectivity index (χ4v) is 4.94. The number of aromatic hydroxyl groups is 5. The summed E-state index contributed by atoms with van der Waals surface area (Å²) in [4.78, 5) is 12.4. The lowest BCUT2D eigenvalue weighted by Gasteiger charge is -2.41. The van der Waals surface area contributed by atoms with Crippen LogP contribution in [-0.2, 0) is 19.0 Å². The molecule has 1 fully saturated rings. The van der Waals surface area contributed by atoms with E-state index in [2.05, 4.69) is 0 Å². The van der Waals surface area contributed by atoms with Crippen molar-refractivity contribution in [2.24, 2.45) is 0 Å². The SMILES string of the molecule is COc1cc(C2Oc3cc(O)cc(O)c3C=C2OC2O[C@H](COC(=O)/C=C/c3ccc(O)c(O)c3)[C@@H](O)[C@H](O)[C@H]2O)cc(OC)c1O. The van der Waals surface area contributed by atoms with Crippen molar-refractivity contribution < 1.29 is 74.1 Å². The van der Waals surface area contributed by atoms with E-state index < -0.39 is 49.4 Å². The summed E-state index contributed by atoms with van der Waals surface area (Å²) in [6, 6.07) is 9.04. The van der Waals surface area contributed by atoms with Gasteiger partial charge in [-0.3, -0.25) is 0 Å². The number of aliphatic hydroxyl groups is 3. The van der Waals surface area contributed by atoms with Crippen molar-refractivity contribution in [1.29, 1.82) is 0 Å². The van der Waals surface area contributed by atoms with Crippen molar-refractivity contribution in [2.45, 2.75) is 36.8 Å². The highest BCUT2D eigenvalue weighted by molar-refractivity contribution is 5.87. The molecular formula is C32H32O15. The highest BCUT2D eigenvalue weighted by Gasteiger charge is 2.46. The van der Waals surface area contributed by atoms with Crippen LogP contribution in [0.4, 0.5) is 0 Å². The number of rotatable bonds is 9. The molecular weight excluding hydrogens is 624 g/mol. The average molecular weight is 657 g/mol. The van der Waals surface area contributed by atoms with Gasteiger partial charge in [-0.15, -0.1) is 0 Å². The van der Waals surface area contributed by atoms with Gasteiger partial charge in [-0.2, -0.15) is 0 Å². The maximum absolute atomic E-state index is 12.4. The summed E-state index contributed by atoms with van der Waals surface area (Å²) < 4.78 is 33.4. The third kappa shape index (κ3) is 6.92. The quantitative estimate of drug-likeness (QED) is 0.0931. The Morgan fingerprint density at radius 2 is 1.55 bits per heavy atom. The minimum atomic E-state index is -1.82. The Balaban J connectivity index is 1.39. The number of esters is 1. The maximum atomic E-state index is 12.4. The van der Waals surface area contributed by atoms with Crippen LogP contribution in [0.1, 0.15) is 22.8 Å². The summed E-state index contributed by atoms with van der Waals surface area (Å²) in [6.45, 7) is -0.580. The smallest absolute Gasteiger partial charge is 0.330 e. The van der Waals surface area contributed by atoms with E-state index in [0.29, 0.717) is 11.1 Å². The number of ether oxygens (including phenoxy) is 6. The Morgan fingerprint density at radius 1 is 0.851 bits per heavy atom.